The second-order valence-corrected chi connectivity index (χ2v) is 2.74. The van der Waals surface area contributed by atoms with Gasteiger partial charge in [-0.1, -0.05) is 6.58 Å². The molecule has 2 heteroatoms. The quantitative estimate of drug-likeness (QED) is 0.507. The molecular weight excluding hydrogens is 126 g/mol. The summed E-state index contributed by atoms with van der Waals surface area (Å²) in [5, 5.41) is 3.35. The molecule has 0 radical (unpaired) electrons. The largest absolute Gasteiger partial charge is 0.377 e. The third-order valence-corrected chi connectivity index (χ3v) is 1.82. The molecule has 1 fully saturated rings. The maximum Gasteiger partial charge on any atom is 0.0689 e. The zero-order chi connectivity index (χ0) is 7.40. The Kier molecular flexibility index (Phi) is 2.90. The number of hydrogen-bond acceptors (Lipinski definition) is 2. The lowest BCUT2D eigenvalue weighted by atomic mass is 10.1. The van der Waals surface area contributed by atoms with Gasteiger partial charge in [-0.2, -0.15) is 0 Å². The molecule has 58 valence electrons. The predicted octanol–water partition coefficient (Wildman–Crippen LogP) is 0.941. The van der Waals surface area contributed by atoms with Crippen LogP contribution in [0.25, 0.3) is 0 Å². The number of rotatable bonds is 0. The molecule has 1 atom stereocenters. The van der Waals surface area contributed by atoms with Crippen molar-refractivity contribution >= 4 is 0 Å². The van der Waals surface area contributed by atoms with E-state index in [1.54, 1.807) is 0 Å². The normalized spacial score (nSPS) is 29.3. The Morgan fingerprint density at radius 3 is 3.30 bits per heavy atom. The van der Waals surface area contributed by atoms with Crippen molar-refractivity contribution in [3.05, 3.63) is 12.2 Å². The average Bonchev–Trinajstić information content (AvgIpc) is 1.92. The molecule has 1 rings (SSSR count). The summed E-state index contributed by atoms with van der Waals surface area (Å²) in [5.41, 5.74) is 1.15. The van der Waals surface area contributed by atoms with Crippen LogP contribution in [0.5, 0.6) is 0 Å². The molecule has 1 heterocycles. The lowest BCUT2D eigenvalue weighted by Gasteiger charge is -2.19. The van der Waals surface area contributed by atoms with Gasteiger partial charge in [0.05, 0.1) is 6.61 Å². The standard InChI is InChI=1S/C8H15NO/c1-7-6-10-5-3-4-9-8(7)2/h8-9H,1,3-6H2,2H3. The van der Waals surface area contributed by atoms with Gasteiger partial charge in [-0.25, -0.2) is 0 Å². The topological polar surface area (TPSA) is 21.3 Å². The minimum absolute atomic E-state index is 0.417. The zero-order valence-corrected chi connectivity index (χ0v) is 6.52. The second kappa shape index (κ2) is 3.74. The molecule has 1 N–H and O–H groups in total. The molecule has 1 saturated heterocycles. The molecule has 10 heavy (non-hydrogen) atoms. The van der Waals surface area contributed by atoms with Gasteiger partial charge in [-0.3, -0.25) is 0 Å². The van der Waals surface area contributed by atoms with Crippen LogP contribution in [0.15, 0.2) is 12.2 Å². The van der Waals surface area contributed by atoms with Gasteiger partial charge in [0.2, 0.25) is 0 Å². The average molecular weight is 141 g/mol. The van der Waals surface area contributed by atoms with Crippen molar-refractivity contribution in [2.75, 3.05) is 19.8 Å². The summed E-state index contributed by atoms with van der Waals surface area (Å²) in [6.07, 6.45) is 1.11. The Hall–Kier alpha value is -0.340. The highest BCUT2D eigenvalue weighted by atomic mass is 16.5. The van der Waals surface area contributed by atoms with Crippen LogP contribution in [0, 0.1) is 0 Å². The van der Waals surface area contributed by atoms with Crippen molar-refractivity contribution in [3.63, 3.8) is 0 Å². The summed E-state index contributed by atoms with van der Waals surface area (Å²) in [4.78, 5) is 0. The molecule has 1 unspecified atom stereocenters. The fourth-order valence-corrected chi connectivity index (χ4v) is 0.965. The van der Waals surface area contributed by atoms with Crippen molar-refractivity contribution in [2.45, 2.75) is 19.4 Å². The second-order valence-electron chi connectivity index (χ2n) is 2.74. The van der Waals surface area contributed by atoms with E-state index in [2.05, 4.69) is 18.8 Å². The smallest absolute Gasteiger partial charge is 0.0689 e. The monoisotopic (exact) mass is 141 g/mol. The van der Waals surface area contributed by atoms with Crippen molar-refractivity contribution in [2.24, 2.45) is 0 Å². The first-order chi connectivity index (χ1) is 4.80. The first kappa shape index (κ1) is 7.76. The van der Waals surface area contributed by atoms with E-state index in [4.69, 9.17) is 4.74 Å². The molecule has 0 amide bonds. The molecule has 0 bridgehead atoms. The summed E-state index contributed by atoms with van der Waals surface area (Å²) < 4.78 is 5.32. The number of nitrogens with one attached hydrogen (secondary N) is 1. The van der Waals surface area contributed by atoms with Crippen LogP contribution in [0.1, 0.15) is 13.3 Å². The molecule has 1 aliphatic heterocycles. The lowest BCUT2D eigenvalue weighted by molar-refractivity contribution is 0.140. The Morgan fingerprint density at radius 2 is 2.50 bits per heavy atom. The van der Waals surface area contributed by atoms with E-state index in [9.17, 15) is 0 Å². The molecular formula is C8H15NO. The van der Waals surface area contributed by atoms with Crippen molar-refractivity contribution < 1.29 is 4.74 Å². The molecule has 0 saturated carbocycles. The van der Waals surface area contributed by atoms with Crippen LogP contribution >= 0.6 is 0 Å². The highest BCUT2D eigenvalue weighted by Crippen LogP contribution is 2.02. The Balaban J connectivity index is 2.35. The van der Waals surface area contributed by atoms with Crippen LogP contribution in [0.4, 0.5) is 0 Å². The van der Waals surface area contributed by atoms with Crippen molar-refractivity contribution in [1.29, 1.82) is 0 Å². The summed E-state index contributed by atoms with van der Waals surface area (Å²) in [6, 6.07) is 0.417. The van der Waals surface area contributed by atoms with E-state index in [0.717, 1.165) is 25.1 Å². The van der Waals surface area contributed by atoms with Gasteiger partial charge in [-0.15, -0.1) is 0 Å². The van der Waals surface area contributed by atoms with Crippen LogP contribution in [0.2, 0.25) is 0 Å². The van der Waals surface area contributed by atoms with Gasteiger partial charge in [0.15, 0.2) is 0 Å². The molecule has 0 spiro atoms. The summed E-state index contributed by atoms with van der Waals surface area (Å²) >= 11 is 0. The molecule has 0 aromatic carbocycles. The minimum Gasteiger partial charge on any atom is -0.377 e. The van der Waals surface area contributed by atoms with Gasteiger partial charge >= 0.3 is 0 Å². The Labute approximate surface area is 62.3 Å². The van der Waals surface area contributed by atoms with E-state index in [1.807, 2.05) is 0 Å². The molecule has 0 aromatic rings. The molecule has 1 aliphatic rings. The SMILES string of the molecule is C=C1COCCCNC1C. The third-order valence-electron chi connectivity index (χ3n) is 1.82. The van der Waals surface area contributed by atoms with Gasteiger partial charge < -0.3 is 10.1 Å². The van der Waals surface area contributed by atoms with Gasteiger partial charge in [-0.05, 0) is 25.5 Å². The van der Waals surface area contributed by atoms with Crippen LogP contribution < -0.4 is 5.32 Å². The summed E-state index contributed by atoms with van der Waals surface area (Å²) in [6.45, 7) is 8.65. The highest BCUT2D eigenvalue weighted by Gasteiger charge is 2.07. The summed E-state index contributed by atoms with van der Waals surface area (Å²) in [7, 11) is 0. The van der Waals surface area contributed by atoms with Crippen LogP contribution in [-0.2, 0) is 4.74 Å². The maximum atomic E-state index is 5.32. The fourth-order valence-electron chi connectivity index (χ4n) is 0.965. The molecule has 0 aliphatic carbocycles. The van der Waals surface area contributed by atoms with E-state index < -0.39 is 0 Å². The fraction of sp³-hybridized carbons (Fsp3) is 0.750. The van der Waals surface area contributed by atoms with Crippen LogP contribution in [-0.4, -0.2) is 25.8 Å². The van der Waals surface area contributed by atoms with Gasteiger partial charge in [0.25, 0.3) is 0 Å². The molecule has 0 aromatic heterocycles. The van der Waals surface area contributed by atoms with Gasteiger partial charge in [0, 0.05) is 12.6 Å². The Bertz CT molecular complexity index is 122. The zero-order valence-electron chi connectivity index (χ0n) is 6.52. The maximum absolute atomic E-state index is 5.32. The minimum atomic E-state index is 0.417. The first-order valence-electron chi connectivity index (χ1n) is 3.79. The van der Waals surface area contributed by atoms with E-state index in [0.29, 0.717) is 12.6 Å². The number of ether oxygens (including phenoxy) is 1. The van der Waals surface area contributed by atoms with E-state index in [-0.39, 0.29) is 0 Å². The lowest BCUT2D eigenvalue weighted by Crippen LogP contribution is -2.32. The summed E-state index contributed by atoms with van der Waals surface area (Å²) in [5.74, 6) is 0. The highest BCUT2D eigenvalue weighted by molar-refractivity contribution is 5.04. The van der Waals surface area contributed by atoms with E-state index >= 15 is 0 Å². The first-order valence-corrected chi connectivity index (χ1v) is 3.79. The molecule has 2 nitrogen and oxygen atoms in total. The third kappa shape index (κ3) is 2.12. The van der Waals surface area contributed by atoms with Crippen molar-refractivity contribution in [1.82, 2.24) is 5.32 Å². The van der Waals surface area contributed by atoms with E-state index in [1.165, 1.54) is 0 Å². The van der Waals surface area contributed by atoms with Crippen molar-refractivity contribution in [3.8, 4) is 0 Å². The Morgan fingerprint density at radius 1 is 1.70 bits per heavy atom. The van der Waals surface area contributed by atoms with Crippen LogP contribution in [0.3, 0.4) is 0 Å². The number of hydrogen-bond donors (Lipinski definition) is 1. The van der Waals surface area contributed by atoms with Gasteiger partial charge in [0.1, 0.15) is 0 Å². The predicted molar refractivity (Wildman–Crippen MR) is 42.0 cm³/mol.